The highest BCUT2D eigenvalue weighted by atomic mass is 35.5. The highest BCUT2D eigenvalue weighted by Crippen LogP contribution is 2.58. The van der Waals surface area contributed by atoms with Crippen LogP contribution in [0.5, 0.6) is 0 Å². The molecular formula is C23H33ClF2N4O3. The van der Waals surface area contributed by atoms with Gasteiger partial charge in [0, 0.05) is 43.9 Å². The molecule has 5 aliphatic rings. The molecule has 3 amide bonds. The van der Waals surface area contributed by atoms with E-state index in [4.69, 9.17) is 11.6 Å². The first-order valence-corrected chi connectivity index (χ1v) is 12.6. The number of carbonyl (C=O) groups excluding carboxylic acids is 3. The summed E-state index contributed by atoms with van der Waals surface area (Å²) in [5.41, 5.74) is -1.15. The molecule has 0 aromatic carbocycles. The molecule has 2 saturated carbocycles. The molecule has 3 heterocycles. The molecule has 0 radical (unpaired) electrons. The van der Waals surface area contributed by atoms with Crippen LogP contribution in [0.25, 0.3) is 0 Å². The molecule has 3 atom stereocenters. The summed E-state index contributed by atoms with van der Waals surface area (Å²) in [7, 11) is 0. The van der Waals surface area contributed by atoms with Crippen LogP contribution in [-0.4, -0.2) is 94.6 Å². The van der Waals surface area contributed by atoms with Gasteiger partial charge in [0.05, 0.1) is 0 Å². The predicted molar refractivity (Wildman–Crippen MR) is 118 cm³/mol. The Morgan fingerprint density at radius 3 is 2.42 bits per heavy atom. The number of nitrogens with one attached hydrogen (secondary N) is 1. The van der Waals surface area contributed by atoms with Crippen LogP contribution in [0.3, 0.4) is 0 Å². The normalized spacial score (nSPS) is 37.8. The van der Waals surface area contributed by atoms with Crippen molar-refractivity contribution in [2.24, 2.45) is 11.3 Å². The van der Waals surface area contributed by atoms with Gasteiger partial charge >= 0.3 is 0 Å². The quantitative estimate of drug-likeness (QED) is 0.618. The van der Waals surface area contributed by atoms with Crippen molar-refractivity contribution in [1.82, 2.24) is 20.0 Å². The molecule has 5 rings (SSSR count). The van der Waals surface area contributed by atoms with E-state index in [-0.39, 0.29) is 47.4 Å². The van der Waals surface area contributed by atoms with E-state index < -0.39 is 24.0 Å². The van der Waals surface area contributed by atoms with Crippen molar-refractivity contribution < 1.29 is 23.2 Å². The Hall–Kier alpha value is -1.48. The monoisotopic (exact) mass is 486 g/mol. The lowest BCUT2D eigenvalue weighted by molar-refractivity contribution is -0.207. The molecule has 3 saturated heterocycles. The fraction of sp³-hybridized carbons (Fsp3) is 0.870. The third-order valence-corrected chi connectivity index (χ3v) is 8.87. The first-order valence-electron chi connectivity index (χ1n) is 12.2. The largest absolute Gasteiger partial charge is 0.342 e. The Balaban J connectivity index is 1.37. The molecule has 3 unspecified atom stereocenters. The lowest BCUT2D eigenvalue weighted by Crippen LogP contribution is -2.82. The summed E-state index contributed by atoms with van der Waals surface area (Å²) >= 11 is 6.08. The van der Waals surface area contributed by atoms with Gasteiger partial charge in [-0.2, -0.15) is 0 Å². The van der Waals surface area contributed by atoms with Crippen molar-refractivity contribution in [2.45, 2.75) is 81.3 Å². The molecule has 2 spiro atoms. The van der Waals surface area contributed by atoms with E-state index in [0.717, 1.165) is 0 Å². The SMILES string of the molecule is CC(=O)N1CC2(C1)CC1(C2)C(=O)N(C2NCC(Cl)CC2F)CC(=O)N1CC1CCC(F)CC1. The summed E-state index contributed by atoms with van der Waals surface area (Å²) in [5.74, 6) is -0.197. The molecule has 0 bridgehead atoms. The number of piperazine rings is 1. The van der Waals surface area contributed by atoms with Crippen molar-refractivity contribution >= 4 is 29.3 Å². The van der Waals surface area contributed by atoms with E-state index in [1.54, 1.807) is 9.80 Å². The lowest BCUT2D eigenvalue weighted by Gasteiger charge is -2.68. The summed E-state index contributed by atoms with van der Waals surface area (Å²) < 4.78 is 28.5. The second-order valence-corrected chi connectivity index (χ2v) is 11.6. The third kappa shape index (κ3) is 3.93. The van der Waals surface area contributed by atoms with E-state index in [1.807, 2.05) is 0 Å². The smallest absolute Gasteiger partial charge is 0.250 e. The van der Waals surface area contributed by atoms with Crippen LogP contribution >= 0.6 is 11.6 Å². The van der Waals surface area contributed by atoms with E-state index in [2.05, 4.69) is 5.32 Å². The van der Waals surface area contributed by atoms with Crippen molar-refractivity contribution in [3.8, 4) is 0 Å². The fourth-order valence-corrected chi connectivity index (χ4v) is 7.13. The molecule has 184 valence electrons. The minimum atomic E-state index is -1.34. The fourth-order valence-electron chi connectivity index (χ4n) is 6.87. The van der Waals surface area contributed by atoms with Gasteiger partial charge < -0.3 is 14.7 Å². The van der Waals surface area contributed by atoms with Gasteiger partial charge in [-0.1, -0.05) is 0 Å². The lowest BCUT2D eigenvalue weighted by atomic mass is 9.51. The van der Waals surface area contributed by atoms with Crippen molar-refractivity contribution in [1.29, 1.82) is 0 Å². The first-order chi connectivity index (χ1) is 15.6. The summed E-state index contributed by atoms with van der Waals surface area (Å²) in [4.78, 5) is 43.9. The summed E-state index contributed by atoms with van der Waals surface area (Å²) in [6.07, 6.45) is 0.531. The number of hydrogen-bond donors (Lipinski definition) is 1. The van der Waals surface area contributed by atoms with Crippen LogP contribution in [0.4, 0.5) is 8.78 Å². The Morgan fingerprint density at radius 1 is 1.15 bits per heavy atom. The molecule has 3 aliphatic heterocycles. The van der Waals surface area contributed by atoms with Gasteiger partial charge in [0.1, 0.15) is 30.6 Å². The highest BCUT2D eigenvalue weighted by molar-refractivity contribution is 6.20. The third-order valence-electron chi connectivity index (χ3n) is 8.54. The zero-order valence-corrected chi connectivity index (χ0v) is 19.8. The zero-order chi connectivity index (χ0) is 23.5. The number of alkyl halides is 3. The summed E-state index contributed by atoms with van der Waals surface area (Å²) in [6, 6.07) is 0. The van der Waals surface area contributed by atoms with Crippen LogP contribution < -0.4 is 5.32 Å². The minimum absolute atomic E-state index is 0.0105. The van der Waals surface area contributed by atoms with Crippen LogP contribution in [0, 0.1) is 11.3 Å². The number of hydrogen-bond acceptors (Lipinski definition) is 4. The Kier molecular flexibility index (Phi) is 5.87. The molecular weight excluding hydrogens is 454 g/mol. The number of nitrogens with zero attached hydrogens (tertiary/aromatic N) is 3. The highest BCUT2D eigenvalue weighted by Gasteiger charge is 2.69. The van der Waals surface area contributed by atoms with Gasteiger partial charge in [-0.25, -0.2) is 8.78 Å². The van der Waals surface area contributed by atoms with E-state index in [1.165, 1.54) is 11.8 Å². The molecule has 5 fully saturated rings. The minimum Gasteiger partial charge on any atom is -0.342 e. The van der Waals surface area contributed by atoms with Crippen molar-refractivity contribution in [2.75, 3.05) is 32.7 Å². The number of carbonyl (C=O) groups is 3. The molecule has 33 heavy (non-hydrogen) atoms. The average molecular weight is 487 g/mol. The van der Waals surface area contributed by atoms with Gasteiger partial charge in [-0.15, -0.1) is 11.6 Å². The number of likely N-dealkylation sites (tertiary alicyclic amines) is 1. The molecule has 7 nitrogen and oxygen atoms in total. The number of piperidine rings is 1. The van der Waals surface area contributed by atoms with Crippen LogP contribution in [0.15, 0.2) is 0 Å². The van der Waals surface area contributed by atoms with Gasteiger partial charge in [0.15, 0.2) is 0 Å². The maximum Gasteiger partial charge on any atom is 0.250 e. The van der Waals surface area contributed by atoms with Crippen LogP contribution in [0.1, 0.15) is 51.9 Å². The van der Waals surface area contributed by atoms with Gasteiger partial charge in [0.2, 0.25) is 17.7 Å². The number of halogens is 3. The van der Waals surface area contributed by atoms with Gasteiger partial charge in [0.25, 0.3) is 0 Å². The Labute approximate surface area is 198 Å². The maximum atomic E-state index is 14.9. The number of amides is 3. The summed E-state index contributed by atoms with van der Waals surface area (Å²) in [6.45, 7) is 3.38. The second-order valence-electron chi connectivity index (χ2n) is 11.0. The molecule has 0 aromatic heterocycles. The summed E-state index contributed by atoms with van der Waals surface area (Å²) in [5, 5.41) is 2.68. The first kappa shape index (κ1) is 23.3. The van der Waals surface area contributed by atoms with E-state index in [9.17, 15) is 23.2 Å². The predicted octanol–water partition coefficient (Wildman–Crippen LogP) is 1.83. The van der Waals surface area contributed by atoms with Crippen molar-refractivity contribution in [3.05, 3.63) is 0 Å². The maximum absolute atomic E-state index is 14.9. The topological polar surface area (TPSA) is 73.0 Å². The molecule has 0 aromatic rings. The molecule has 1 N–H and O–H groups in total. The van der Waals surface area contributed by atoms with Gasteiger partial charge in [-0.05, 0) is 50.9 Å². The van der Waals surface area contributed by atoms with Crippen molar-refractivity contribution in [3.63, 3.8) is 0 Å². The van der Waals surface area contributed by atoms with E-state index in [0.29, 0.717) is 64.7 Å². The molecule has 2 aliphatic carbocycles. The second kappa shape index (κ2) is 8.33. The average Bonchev–Trinajstić information content (AvgIpc) is 2.69. The standard InChI is InChI=1S/C23H33ClF2N4O3/c1-14(31)28-12-22(13-28)10-23(11-22)21(33)29(20-18(26)6-16(24)7-27-20)9-19(32)30(23)8-15-2-4-17(25)5-3-15/h15-18,20,27H,2-13H2,1H3. The zero-order valence-electron chi connectivity index (χ0n) is 19.1. The van der Waals surface area contributed by atoms with Gasteiger partial charge in [-0.3, -0.25) is 19.7 Å². The van der Waals surface area contributed by atoms with Crippen LogP contribution in [-0.2, 0) is 14.4 Å². The van der Waals surface area contributed by atoms with E-state index >= 15 is 0 Å². The Bertz CT molecular complexity index is 823. The Morgan fingerprint density at radius 2 is 1.82 bits per heavy atom. The number of rotatable bonds is 3. The molecule has 10 heteroatoms. The van der Waals surface area contributed by atoms with Crippen LogP contribution in [0.2, 0.25) is 0 Å².